The Kier molecular flexibility index (Phi) is 3.70. The Balaban J connectivity index is 1.82. The summed E-state index contributed by atoms with van der Waals surface area (Å²) in [7, 11) is 0. The molecule has 2 fully saturated rings. The number of carbonyl (C=O) groups is 2. The second-order valence-electron chi connectivity index (χ2n) is 8.94. The van der Waals surface area contributed by atoms with E-state index in [4.69, 9.17) is 9.47 Å². The molecule has 0 N–H and O–H groups in total. The zero-order valence-corrected chi connectivity index (χ0v) is 15.4. The molecule has 2 saturated carbocycles. The van der Waals surface area contributed by atoms with Gasteiger partial charge in [0, 0.05) is 17.4 Å². The minimum atomic E-state index is -0.748. The maximum atomic E-state index is 12.3. The first kappa shape index (κ1) is 17.2. The van der Waals surface area contributed by atoms with Crippen molar-refractivity contribution in [3.63, 3.8) is 0 Å². The van der Waals surface area contributed by atoms with Crippen LogP contribution < -0.4 is 0 Å². The van der Waals surface area contributed by atoms with Crippen molar-refractivity contribution in [2.45, 2.75) is 72.1 Å². The van der Waals surface area contributed by atoms with Crippen LogP contribution in [0.15, 0.2) is 17.1 Å². The van der Waals surface area contributed by atoms with Gasteiger partial charge in [0.1, 0.15) is 11.7 Å². The molecule has 2 bridgehead atoms. The number of nitrogens with zero attached hydrogens (tertiary/aromatic N) is 1. The second-order valence-corrected chi connectivity index (χ2v) is 8.94. The van der Waals surface area contributed by atoms with Crippen LogP contribution in [0.25, 0.3) is 0 Å². The largest absolute Gasteiger partial charge is 0.457 e. The Labute approximate surface area is 143 Å². The summed E-state index contributed by atoms with van der Waals surface area (Å²) in [4.78, 5) is 28.8. The molecule has 2 aliphatic carbocycles. The monoisotopic (exact) mass is 333 g/mol. The highest BCUT2D eigenvalue weighted by atomic mass is 16.6. The highest BCUT2D eigenvalue weighted by molar-refractivity contribution is 6.02. The normalized spacial score (nSPS) is 37.2. The van der Waals surface area contributed by atoms with Crippen molar-refractivity contribution in [2.24, 2.45) is 21.7 Å². The molecule has 1 heterocycles. The lowest BCUT2D eigenvalue weighted by Gasteiger charge is -2.39. The van der Waals surface area contributed by atoms with E-state index in [0.717, 1.165) is 18.6 Å². The SMILES string of the molecule is CC(C)(C)OC(=O)/C=C/[C@H]1N=C2[C@H]3CC[C@@](C)([C@@H]2OC1=O)C3(C)C. The number of hydrogen-bond donors (Lipinski definition) is 0. The highest BCUT2D eigenvalue weighted by Crippen LogP contribution is 2.65. The van der Waals surface area contributed by atoms with Crippen LogP contribution in [-0.4, -0.2) is 35.4 Å². The summed E-state index contributed by atoms with van der Waals surface area (Å²) in [6, 6.07) is -0.748. The predicted octanol–water partition coefficient (Wildman–Crippen LogP) is 3.08. The number of hydrogen-bond acceptors (Lipinski definition) is 5. The number of ether oxygens (including phenoxy) is 2. The third-order valence-corrected chi connectivity index (χ3v) is 6.08. The number of esters is 2. The summed E-state index contributed by atoms with van der Waals surface area (Å²) in [5, 5.41) is 0. The van der Waals surface area contributed by atoms with Crippen LogP contribution in [-0.2, 0) is 19.1 Å². The molecule has 0 aromatic carbocycles. The lowest BCUT2D eigenvalue weighted by Crippen LogP contribution is -2.46. The summed E-state index contributed by atoms with van der Waals surface area (Å²) < 4.78 is 11.0. The molecular weight excluding hydrogens is 306 g/mol. The van der Waals surface area contributed by atoms with Gasteiger partial charge in [-0.15, -0.1) is 0 Å². The van der Waals surface area contributed by atoms with E-state index in [1.165, 1.54) is 12.2 Å². The quantitative estimate of drug-likeness (QED) is 0.575. The van der Waals surface area contributed by atoms with Gasteiger partial charge in [0.25, 0.3) is 0 Å². The van der Waals surface area contributed by atoms with E-state index in [1.807, 2.05) is 0 Å². The lowest BCUT2D eigenvalue weighted by molar-refractivity contribution is -0.154. The highest BCUT2D eigenvalue weighted by Gasteiger charge is 2.67. The van der Waals surface area contributed by atoms with Crippen LogP contribution in [0.2, 0.25) is 0 Å². The minimum Gasteiger partial charge on any atom is -0.457 e. The fourth-order valence-corrected chi connectivity index (χ4v) is 4.40. The van der Waals surface area contributed by atoms with Gasteiger partial charge in [-0.05, 0) is 45.1 Å². The Morgan fingerprint density at radius 3 is 2.62 bits per heavy atom. The first-order valence-corrected chi connectivity index (χ1v) is 8.65. The maximum Gasteiger partial charge on any atom is 0.335 e. The molecule has 24 heavy (non-hydrogen) atoms. The van der Waals surface area contributed by atoms with Crippen LogP contribution in [0.3, 0.4) is 0 Å². The summed E-state index contributed by atoms with van der Waals surface area (Å²) in [5.41, 5.74) is 0.452. The van der Waals surface area contributed by atoms with Crippen molar-refractivity contribution in [3.8, 4) is 0 Å². The van der Waals surface area contributed by atoms with Gasteiger partial charge < -0.3 is 9.47 Å². The van der Waals surface area contributed by atoms with E-state index in [0.29, 0.717) is 5.92 Å². The third-order valence-electron chi connectivity index (χ3n) is 6.08. The Morgan fingerprint density at radius 2 is 2.00 bits per heavy atom. The molecule has 5 heteroatoms. The fraction of sp³-hybridized carbons (Fsp3) is 0.737. The average molecular weight is 333 g/mol. The summed E-state index contributed by atoms with van der Waals surface area (Å²) in [5.74, 6) is -0.510. The molecule has 0 aromatic rings. The van der Waals surface area contributed by atoms with Gasteiger partial charge in [-0.1, -0.05) is 20.8 Å². The zero-order chi connectivity index (χ0) is 17.9. The molecule has 0 saturated heterocycles. The Hall–Kier alpha value is -1.65. The average Bonchev–Trinajstić information content (AvgIpc) is 2.75. The van der Waals surface area contributed by atoms with E-state index in [2.05, 4.69) is 25.8 Å². The van der Waals surface area contributed by atoms with E-state index < -0.39 is 17.6 Å². The van der Waals surface area contributed by atoms with Crippen LogP contribution in [0.5, 0.6) is 0 Å². The molecule has 0 aromatic heterocycles. The predicted molar refractivity (Wildman–Crippen MR) is 90.7 cm³/mol. The van der Waals surface area contributed by atoms with Crippen molar-refractivity contribution in [1.82, 2.24) is 0 Å². The molecular formula is C19H27NO4. The van der Waals surface area contributed by atoms with E-state index in [1.54, 1.807) is 20.8 Å². The zero-order valence-electron chi connectivity index (χ0n) is 15.4. The van der Waals surface area contributed by atoms with Gasteiger partial charge in [-0.3, -0.25) is 4.99 Å². The summed E-state index contributed by atoms with van der Waals surface area (Å²) >= 11 is 0. The van der Waals surface area contributed by atoms with Crippen LogP contribution in [0.1, 0.15) is 54.4 Å². The van der Waals surface area contributed by atoms with Gasteiger partial charge in [0.05, 0.1) is 5.71 Å². The molecule has 1 aliphatic heterocycles. The molecule has 0 radical (unpaired) electrons. The first-order chi connectivity index (χ1) is 11.0. The number of aliphatic imine (C=N–C) groups is 1. The van der Waals surface area contributed by atoms with Crippen LogP contribution >= 0.6 is 0 Å². The number of carbonyl (C=O) groups excluding carboxylic acids is 2. The topological polar surface area (TPSA) is 65.0 Å². The maximum absolute atomic E-state index is 12.3. The molecule has 5 nitrogen and oxygen atoms in total. The summed E-state index contributed by atoms with van der Waals surface area (Å²) in [6.45, 7) is 12.1. The Bertz CT molecular complexity index is 640. The first-order valence-electron chi connectivity index (χ1n) is 8.65. The molecule has 4 atom stereocenters. The molecule has 132 valence electrons. The van der Waals surface area contributed by atoms with Gasteiger partial charge in [-0.2, -0.15) is 0 Å². The van der Waals surface area contributed by atoms with Crippen LogP contribution in [0.4, 0.5) is 0 Å². The standard InChI is InChI=1S/C19H27NO4/c1-17(2,3)24-13(21)8-7-12-16(22)23-15-14(20-12)11-9-10-19(15,6)18(11,4)5/h7-8,11-12,15H,9-10H2,1-6H3/b8-7+/t11-,12-,15-,19+/m1/s1. The third kappa shape index (κ3) is 2.49. The van der Waals surface area contributed by atoms with Crippen molar-refractivity contribution in [3.05, 3.63) is 12.2 Å². The number of fused-ring (bicyclic) bond motifs is 5. The van der Waals surface area contributed by atoms with Crippen molar-refractivity contribution >= 4 is 17.7 Å². The smallest absolute Gasteiger partial charge is 0.335 e. The molecule has 0 unspecified atom stereocenters. The fourth-order valence-electron chi connectivity index (χ4n) is 4.40. The molecule has 0 amide bonds. The van der Waals surface area contributed by atoms with Crippen LogP contribution in [0, 0.1) is 16.7 Å². The van der Waals surface area contributed by atoms with E-state index >= 15 is 0 Å². The van der Waals surface area contributed by atoms with Gasteiger partial charge in [0.15, 0.2) is 6.04 Å². The molecule has 0 spiro atoms. The van der Waals surface area contributed by atoms with E-state index in [9.17, 15) is 9.59 Å². The second kappa shape index (κ2) is 5.17. The Morgan fingerprint density at radius 1 is 1.33 bits per heavy atom. The van der Waals surface area contributed by atoms with E-state index in [-0.39, 0.29) is 22.9 Å². The van der Waals surface area contributed by atoms with Gasteiger partial charge in [0.2, 0.25) is 0 Å². The van der Waals surface area contributed by atoms with Gasteiger partial charge >= 0.3 is 11.9 Å². The lowest BCUT2D eigenvalue weighted by atomic mass is 9.70. The van der Waals surface area contributed by atoms with Gasteiger partial charge in [-0.25, -0.2) is 9.59 Å². The summed E-state index contributed by atoms with van der Waals surface area (Å²) in [6.07, 6.45) is 4.69. The van der Waals surface area contributed by atoms with Crippen molar-refractivity contribution < 1.29 is 19.1 Å². The number of rotatable bonds is 2. The molecule has 3 rings (SSSR count). The van der Waals surface area contributed by atoms with Crippen molar-refractivity contribution in [1.29, 1.82) is 0 Å². The minimum absolute atomic E-state index is 0.0496. The van der Waals surface area contributed by atoms with Crippen molar-refractivity contribution in [2.75, 3.05) is 0 Å². The molecule has 3 aliphatic rings.